The molecule has 1 fully saturated rings. The van der Waals surface area contributed by atoms with E-state index in [1.807, 2.05) is 18.2 Å². The highest BCUT2D eigenvalue weighted by atomic mass is 35.5. The Bertz CT molecular complexity index is 562. The van der Waals surface area contributed by atoms with E-state index in [-0.39, 0.29) is 18.3 Å². The van der Waals surface area contributed by atoms with Crippen LogP contribution in [0.4, 0.5) is 5.69 Å². The molecule has 1 atom stereocenters. The average molecular weight is 310 g/mol. The van der Waals surface area contributed by atoms with Gasteiger partial charge in [0.25, 0.3) is 5.91 Å². The second-order valence-corrected chi connectivity index (χ2v) is 5.42. The number of carbonyl (C=O) groups is 2. The van der Waals surface area contributed by atoms with Gasteiger partial charge in [0.15, 0.2) is 0 Å². The molecule has 2 heterocycles. The normalized spacial score (nSPS) is 20.2. The van der Waals surface area contributed by atoms with Crippen LogP contribution in [0.1, 0.15) is 35.2 Å². The summed E-state index contributed by atoms with van der Waals surface area (Å²) in [7, 11) is 0. The van der Waals surface area contributed by atoms with E-state index in [9.17, 15) is 9.59 Å². The van der Waals surface area contributed by atoms with Gasteiger partial charge in [-0.15, -0.1) is 12.4 Å². The number of nitrogens with two attached hydrogens (primary N) is 1. The topological polar surface area (TPSA) is 75.4 Å². The number of rotatable bonds is 2. The molecule has 1 aromatic carbocycles. The Kier molecular flexibility index (Phi) is 4.73. The molecule has 1 saturated heterocycles. The number of halogens is 1. The fourth-order valence-corrected chi connectivity index (χ4v) is 3.17. The van der Waals surface area contributed by atoms with E-state index in [4.69, 9.17) is 5.73 Å². The Labute approximate surface area is 130 Å². The molecule has 3 rings (SSSR count). The summed E-state index contributed by atoms with van der Waals surface area (Å²) >= 11 is 0. The van der Waals surface area contributed by atoms with E-state index < -0.39 is 11.9 Å². The van der Waals surface area contributed by atoms with Crippen LogP contribution in [-0.4, -0.2) is 35.8 Å². The molecule has 3 N–H and O–H groups in total. The third kappa shape index (κ3) is 2.83. The van der Waals surface area contributed by atoms with Gasteiger partial charge in [0.2, 0.25) is 5.91 Å². The number of fused-ring (bicyclic) bond motifs is 1. The first-order valence-corrected chi connectivity index (χ1v) is 7.14. The maximum Gasteiger partial charge on any atom is 0.254 e. The minimum absolute atomic E-state index is 0. The van der Waals surface area contributed by atoms with E-state index in [2.05, 4.69) is 5.32 Å². The molecule has 5 nitrogen and oxygen atoms in total. The molecule has 21 heavy (non-hydrogen) atoms. The van der Waals surface area contributed by atoms with Gasteiger partial charge in [-0.25, -0.2) is 0 Å². The first-order chi connectivity index (χ1) is 9.68. The highest BCUT2D eigenvalue weighted by Crippen LogP contribution is 2.28. The van der Waals surface area contributed by atoms with Crippen LogP contribution in [-0.2, 0) is 11.2 Å². The molecule has 6 heteroatoms. The summed E-state index contributed by atoms with van der Waals surface area (Å²) in [5.41, 5.74) is 8.21. The van der Waals surface area contributed by atoms with Gasteiger partial charge in [-0.1, -0.05) is 6.07 Å². The fourth-order valence-electron chi connectivity index (χ4n) is 3.17. The summed E-state index contributed by atoms with van der Waals surface area (Å²) < 4.78 is 0. The zero-order valence-corrected chi connectivity index (χ0v) is 12.6. The molecule has 0 spiro atoms. The van der Waals surface area contributed by atoms with Gasteiger partial charge < -0.3 is 16.0 Å². The van der Waals surface area contributed by atoms with E-state index in [1.165, 1.54) is 0 Å². The highest BCUT2D eigenvalue weighted by molar-refractivity contribution is 6.00. The summed E-state index contributed by atoms with van der Waals surface area (Å²) in [4.78, 5) is 25.8. The van der Waals surface area contributed by atoms with Crippen molar-refractivity contribution in [1.29, 1.82) is 0 Å². The maximum absolute atomic E-state index is 12.7. The van der Waals surface area contributed by atoms with Crippen LogP contribution in [0.25, 0.3) is 0 Å². The zero-order valence-electron chi connectivity index (χ0n) is 11.8. The number of likely N-dealkylation sites (tertiary alicyclic amines) is 1. The molecule has 1 aromatic rings. The van der Waals surface area contributed by atoms with Crippen molar-refractivity contribution in [3.63, 3.8) is 0 Å². The number of nitrogens with zero attached hydrogens (tertiary/aromatic N) is 1. The lowest BCUT2D eigenvalue weighted by Crippen LogP contribution is -2.44. The number of amides is 2. The second-order valence-electron chi connectivity index (χ2n) is 5.42. The average Bonchev–Trinajstić information content (AvgIpc) is 2.95. The molecule has 0 bridgehead atoms. The Balaban J connectivity index is 0.00000161. The zero-order chi connectivity index (χ0) is 14.1. The molecular formula is C15H20ClN3O2. The first kappa shape index (κ1) is 15.6. The highest BCUT2D eigenvalue weighted by Gasteiger charge is 2.34. The molecule has 2 amide bonds. The number of nitrogens with one attached hydrogen (secondary N) is 1. The Morgan fingerprint density at radius 2 is 2.10 bits per heavy atom. The van der Waals surface area contributed by atoms with E-state index >= 15 is 0 Å². The maximum atomic E-state index is 12.7. The van der Waals surface area contributed by atoms with Crippen LogP contribution < -0.4 is 11.1 Å². The first-order valence-electron chi connectivity index (χ1n) is 7.14. The van der Waals surface area contributed by atoms with E-state index in [1.54, 1.807) is 4.90 Å². The van der Waals surface area contributed by atoms with Gasteiger partial charge in [0.1, 0.15) is 6.04 Å². The molecular weight excluding hydrogens is 290 g/mol. The fraction of sp³-hybridized carbons (Fsp3) is 0.467. The van der Waals surface area contributed by atoms with Gasteiger partial charge in [-0.3, -0.25) is 9.59 Å². The smallest absolute Gasteiger partial charge is 0.254 e. The van der Waals surface area contributed by atoms with E-state index in [0.29, 0.717) is 18.5 Å². The van der Waals surface area contributed by atoms with Crippen molar-refractivity contribution in [3.8, 4) is 0 Å². The monoisotopic (exact) mass is 309 g/mol. The quantitative estimate of drug-likeness (QED) is 0.870. The van der Waals surface area contributed by atoms with Crippen LogP contribution in [0.15, 0.2) is 18.2 Å². The molecule has 0 radical (unpaired) electrons. The minimum atomic E-state index is -0.449. The van der Waals surface area contributed by atoms with Crippen molar-refractivity contribution in [2.24, 2.45) is 5.73 Å². The van der Waals surface area contributed by atoms with E-state index in [0.717, 1.165) is 37.1 Å². The molecule has 2 aliphatic heterocycles. The second kappa shape index (κ2) is 6.35. The molecule has 114 valence electrons. The predicted molar refractivity (Wildman–Crippen MR) is 83.8 cm³/mol. The van der Waals surface area contributed by atoms with Crippen molar-refractivity contribution in [3.05, 3.63) is 29.3 Å². The van der Waals surface area contributed by atoms with Crippen molar-refractivity contribution < 1.29 is 9.59 Å². The minimum Gasteiger partial charge on any atom is -0.385 e. The summed E-state index contributed by atoms with van der Waals surface area (Å²) in [6.45, 7) is 1.56. The van der Waals surface area contributed by atoms with Crippen LogP contribution >= 0.6 is 12.4 Å². The largest absolute Gasteiger partial charge is 0.385 e. The van der Waals surface area contributed by atoms with Crippen molar-refractivity contribution >= 4 is 29.9 Å². The third-order valence-electron chi connectivity index (χ3n) is 4.17. The van der Waals surface area contributed by atoms with Gasteiger partial charge in [0, 0.05) is 24.3 Å². The van der Waals surface area contributed by atoms with Crippen molar-refractivity contribution in [2.45, 2.75) is 31.7 Å². The predicted octanol–water partition coefficient (Wildman–Crippen LogP) is 1.56. The molecule has 0 aliphatic carbocycles. The lowest BCUT2D eigenvalue weighted by molar-refractivity contribution is -0.121. The Hall–Kier alpha value is -1.75. The van der Waals surface area contributed by atoms with Gasteiger partial charge in [-0.05, 0) is 43.4 Å². The van der Waals surface area contributed by atoms with Crippen LogP contribution in [0.5, 0.6) is 0 Å². The van der Waals surface area contributed by atoms with Gasteiger partial charge in [0.05, 0.1) is 0 Å². The Morgan fingerprint density at radius 1 is 1.29 bits per heavy atom. The summed E-state index contributed by atoms with van der Waals surface area (Å²) in [6, 6.07) is 5.29. The number of primary amides is 1. The molecule has 0 saturated carbocycles. The molecule has 2 aliphatic rings. The van der Waals surface area contributed by atoms with Crippen molar-refractivity contribution in [2.75, 3.05) is 18.4 Å². The van der Waals surface area contributed by atoms with Gasteiger partial charge >= 0.3 is 0 Å². The van der Waals surface area contributed by atoms with Gasteiger partial charge in [-0.2, -0.15) is 0 Å². The van der Waals surface area contributed by atoms with Crippen LogP contribution in [0, 0.1) is 0 Å². The third-order valence-corrected chi connectivity index (χ3v) is 4.17. The number of benzene rings is 1. The SMILES string of the molecule is Cl.NC(=O)C1CCCN1C(=O)c1cccc2c1CCCN2. The standard InChI is InChI=1S/C15H19N3O2.ClH/c16-14(19)13-7-3-9-18(13)15(20)11-4-1-6-12-10(11)5-2-8-17-12;/h1,4,6,13,17H,2-3,5,7-9H2,(H2,16,19);1H. The van der Waals surface area contributed by atoms with Crippen LogP contribution in [0.2, 0.25) is 0 Å². The molecule has 1 unspecified atom stereocenters. The lowest BCUT2D eigenvalue weighted by Gasteiger charge is -2.26. The molecule has 0 aromatic heterocycles. The van der Waals surface area contributed by atoms with Crippen LogP contribution in [0.3, 0.4) is 0 Å². The number of hydrogen-bond acceptors (Lipinski definition) is 3. The Morgan fingerprint density at radius 3 is 2.86 bits per heavy atom. The number of anilines is 1. The summed E-state index contributed by atoms with van der Waals surface area (Å²) in [5, 5.41) is 3.32. The number of carbonyl (C=O) groups excluding carboxylic acids is 2. The lowest BCUT2D eigenvalue weighted by atomic mass is 9.96. The van der Waals surface area contributed by atoms with Crippen molar-refractivity contribution in [1.82, 2.24) is 4.90 Å². The number of hydrogen-bond donors (Lipinski definition) is 2. The summed E-state index contributed by atoms with van der Waals surface area (Å²) in [5.74, 6) is -0.467. The summed E-state index contributed by atoms with van der Waals surface area (Å²) in [6.07, 6.45) is 3.44.